The maximum atomic E-state index is 14.0. The number of likely N-dealkylation sites (tertiary alicyclic amines) is 1. The second-order valence-electron chi connectivity index (χ2n) is 8.18. The number of nitrogens with zero attached hydrogens (tertiary/aromatic N) is 4. The zero-order chi connectivity index (χ0) is 19.4. The van der Waals surface area contributed by atoms with Gasteiger partial charge in [-0.2, -0.15) is 0 Å². The molecule has 2 heterocycles. The van der Waals surface area contributed by atoms with Crippen molar-refractivity contribution in [1.29, 1.82) is 0 Å². The summed E-state index contributed by atoms with van der Waals surface area (Å²) in [5.41, 5.74) is 0.234. The zero-order valence-electron chi connectivity index (χ0n) is 16.2. The lowest BCUT2D eigenvalue weighted by Crippen LogP contribution is -2.38. The molecule has 1 aromatic heterocycles. The van der Waals surface area contributed by atoms with Crippen LogP contribution in [0.1, 0.15) is 69.3 Å². The van der Waals surface area contributed by atoms with Gasteiger partial charge in [0.05, 0.1) is 25.3 Å². The molecule has 0 aromatic carbocycles. The quantitative estimate of drug-likeness (QED) is 0.788. The van der Waals surface area contributed by atoms with Crippen molar-refractivity contribution >= 4 is 11.8 Å². The summed E-state index contributed by atoms with van der Waals surface area (Å²) in [6.45, 7) is 4.26. The minimum atomic E-state index is -1.00. The van der Waals surface area contributed by atoms with Crippen molar-refractivity contribution in [2.45, 2.75) is 83.6 Å². The average molecular weight is 379 g/mol. The molecule has 1 aliphatic heterocycles. The van der Waals surface area contributed by atoms with Crippen LogP contribution in [-0.4, -0.2) is 56.5 Å². The Bertz CT molecular complexity index is 656. The molecule has 1 saturated carbocycles. The molecule has 3 rings (SSSR count). The maximum Gasteiger partial charge on any atom is 0.273 e. The van der Waals surface area contributed by atoms with E-state index in [1.165, 1.54) is 30.4 Å². The van der Waals surface area contributed by atoms with E-state index in [2.05, 4.69) is 15.6 Å². The summed E-state index contributed by atoms with van der Waals surface area (Å²) in [7, 11) is 0. The van der Waals surface area contributed by atoms with Crippen LogP contribution in [0.4, 0.5) is 4.39 Å². The maximum absolute atomic E-state index is 14.0. The molecule has 1 saturated heterocycles. The fourth-order valence-electron chi connectivity index (χ4n) is 4.15. The summed E-state index contributed by atoms with van der Waals surface area (Å²) in [5.74, 6) is 0.397. The molecule has 0 radical (unpaired) electrons. The molecule has 8 heteroatoms. The van der Waals surface area contributed by atoms with E-state index in [4.69, 9.17) is 0 Å². The van der Waals surface area contributed by atoms with Gasteiger partial charge in [-0.3, -0.25) is 9.59 Å². The Morgan fingerprint density at radius 3 is 2.78 bits per heavy atom. The second-order valence-corrected chi connectivity index (χ2v) is 8.18. The first-order valence-electron chi connectivity index (χ1n) is 10.1. The number of amides is 2. The van der Waals surface area contributed by atoms with Crippen molar-refractivity contribution in [3.63, 3.8) is 0 Å². The summed E-state index contributed by atoms with van der Waals surface area (Å²) in [6.07, 6.45) is 7.21. The predicted molar refractivity (Wildman–Crippen MR) is 98.8 cm³/mol. The molecule has 1 aromatic rings. The summed E-state index contributed by atoms with van der Waals surface area (Å²) in [5, 5.41) is 10.6. The van der Waals surface area contributed by atoms with Crippen LogP contribution in [0.25, 0.3) is 0 Å². The van der Waals surface area contributed by atoms with Crippen molar-refractivity contribution in [3.8, 4) is 0 Å². The van der Waals surface area contributed by atoms with Gasteiger partial charge in [-0.25, -0.2) is 9.07 Å². The van der Waals surface area contributed by atoms with Crippen LogP contribution in [-0.2, 0) is 11.3 Å². The third kappa shape index (κ3) is 5.26. The second kappa shape index (κ2) is 8.80. The van der Waals surface area contributed by atoms with E-state index in [0.717, 1.165) is 6.42 Å². The number of nitrogens with one attached hydrogen (secondary N) is 1. The lowest BCUT2D eigenvalue weighted by Gasteiger charge is -2.24. The first kappa shape index (κ1) is 19.8. The molecule has 0 spiro atoms. The largest absolute Gasteiger partial charge is 0.348 e. The number of alkyl halides is 1. The summed E-state index contributed by atoms with van der Waals surface area (Å²) >= 11 is 0. The summed E-state index contributed by atoms with van der Waals surface area (Å²) < 4.78 is 15.5. The zero-order valence-corrected chi connectivity index (χ0v) is 16.2. The molecule has 2 aliphatic rings. The van der Waals surface area contributed by atoms with Gasteiger partial charge in [-0.15, -0.1) is 5.10 Å². The predicted octanol–water partition coefficient (Wildman–Crippen LogP) is 2.33. The number of hydrogen-bond donors (Lipinski definition) is 1. The molecule has 1 N–H and O–H groups in total. The van der Waals surface area contributed by atoms with E-state index >= 15 is 0 Å². The number of aromatic nitrogens is 3. The van der Waals surface area contributed by atoms with Gasteiger partial charge < -0.3 is 10.2 Å². The van der Waals surface area contributed by atoms with Crippen LogP contribution in [0.2, 0.25) is 0 Å². The monoisotopic (exact) mass is 379 g/mol. The summed E-state index contributed by atoms with van der Waals surface area (Å²) in [6, 6.07) is -0.225. The first-order chi connectivity index (χ1) is 12.9. The van der Waals surface area contributed by atoms with Gasteiger partial charge in [0.15, 0.2) is 5.69 Å². The first-order valence-corrected chi connectivity index (χ1v) is 10.1. The standard InChI is InChI=1S/C19H30FN5O2/c1-13(2)21-19(27)17-12-24(23-22-17)11-16-9-15(20)10-25(16)18(26)8-7-14-5-3-4-6-14/h12-16H,3-11H2,1-2H3,(H,21,27)/t15-,16-/m0/s1. The molecular formula is C19H30FN5O2. The van der Waals surface area contributed by atoms with Gasteiger partial charge in [0.1, 0.15) is 6.17 Å². The number of hydrogen-bond acceptors (Lipinski definition) is 4. The Kier molecular flexibility index (Phi) is 6.44. The van der Waals surface area contributed by atoms with Gasteiger partial charge in [-0.05, 0) is 26.2 Å². The smallest absolute Gasteiger partial charge is 0.273 e. The van der Waals surface area contributed by atoms with E-state index in [1.807, 2.05) is 13.8 Å². The van der Waals surface area contributed by atoms with Crippen LogP contribution in [0.5, 0.6) is 0 Å². The van der Waals surface area contributed by atoms with E-state index in [1.54, 1.807) is 11.1 Å². The topological polar surface area (TPSA) is 80.1 Å². The molecule has 0 bridgehead atoms. The van der Waals surface area contributed by atoms with E-state index < -0.39 is 6.17 Å². The lowest BCUT2D eigenvalue weighted by atomic mass is 10.0. The Morgan fingerprint density at radius 1 is 1.33 bits per heavy atom. The normalized spacial score (nSPS) is 23.3. The van der Waals surface area contributed by atoms with E-state index in [0.29, 0.717) is 25.3 Å². The van der Waals surface area contributed by atoms with E-state index in [9.17, 15) is 14.0 Å². The van der Waals surface area contributed by atoms with Gasteiger partial charge in [-0.1, -0.05) is 30.9 Å². The molecule has 1 aliphatic carbocycles. The minimum Gasteiger partial charge on any atom is -0.348 e. The van der Waals surface area contributed by atoms with Crippen LogP contribution >= 0.6 is 0 Å². The molecular weight excluding hydrogens is 349 g/mol. The Balaban J connectivity index is 1.56. The fraction of sp³-hybridized carbons (Fsp3) is 0.789. The van der Waals surface area contributed by atoms with Crippen molar-refractivity contribution < 1.29 is 14.0 Å². The molecule has 0 unspecified atom stereocenters. The number of carbonyl (C=O) groups excluding carboxylic acids is 2. The fourth-order valence-corrected chi connectivity index (χ4v) is 4.15. The highest BCUT2D eigenvalue weighted by atomic mass is 19.1. The van der Waals surface area contributed by atoms with Gasteiger partial charge in [0.25, 0.3) is 5.91 Å². The number of rotatable bonds is 7. The molecule has 7 nitrogen and oxygen atoms in total. The molecule has 2 fully saturated rings. The summed E-state index contributed by atoms with van der Waals surface area (Å²) in [4.78, 5) is 26.3. The lowest BCUT2D eigenvalue weighted by molar-refractivity contribution is -0.132. The Labute approximate surface area is 159 Å². The highest BCUT2D eigenvalue weighted by molar-refractivity contribution is 5.91. The SMILES string of the molecule is CC(C)NC(=O)c1cn(C[C@@H]2C[C@H](F)CN2C(=O)CCC2CCCC2)nn1. The van der Waals surface area contributed by atoms with Crippen LogP contribution in [0.3, 0.4) is 0 Å². The molecule has 150 valence electrons. The van der Waals surface area contributed by atoms with Crippen molar-refractivity contribution in [2.24, 2.45) is 5.92 Å². The van der Waals surface area contributed by atoms with Gasteiger partial charge >= 0.3 is 0 Å². The number of carbonyl (C=O) groups is 2. The third-order valence-corrected chi connectivity index (χ3v) is 5.51. The van der Waals surface area contributed by atoms with Crippen molar-refractivity contribution in [3.05, 3.63) is 11.9 Å². The average Bonchev–Trinajstić information content (AvgIpc) is 3.33. The van der Waals surface area contributed by atoms with Crippen molar-refractivity contribution in [2.75, 3.05) is 6.54 Å². The molecule has 27 heavy (non-hydrogen) atoms. The molecule has 2 amide bonds. The van der Waals surface area contributed by atoms with Gasteiger partial charge in [0.2, 0.25) is 5.91 Å². The van der Waals surface area contributed by atoms with E-state index in [-0.39, 0.29) is 36.1 Å². The van der Waals surface area contributed by atoms with Gasteiger partial charge in [0, 0.05) is 18.9 Å². The van der Waals surface area contributed by atoms with Crippen LogP contribution in [0.15, 0.2) is 6.20 Å². The highest BCUT2D eigenvalue weighted by Crippen LogP contribution is 2.30. The Morgan fingerprint density at radius 2 is 2.07 bits per heavy atom. The van der Waals surface area contributed by atoms with Crippen LogP contribution in [0, 0.1) is 5.92 Å². The van der Waals surface area contributed by atoms with Crippen LogP contribution < -0.4 is 5.32 Å². The van der Waals surface area contributed by atoms with Crippen molar-refractivity contribution in [1.82, 2.24) is 25.2 Å². The minimum absolute atomic E-state index is 0.0118. The third-order valence-electron chi connectivity index (χ3n) is 5.51. The highest BCUT2D eigenvalue weighted by Gasteiger charge is 2.35. The number of halogens is 1. The Hall–Kier alpha value is -1.99. The molecule has 2 atom stereocenters.